The number of rotatable bonds is 4. The van der Waals surface area contributed by atoms with Gasteiger partial charge in [0.2, 0.25) is 0 Å². The minimum absolute atomic E-state index is 0.525. The Morgan fingerprint density at radius 3 is 3.20 bits per heavy atom. The smallest absolute Gasteiger partial charge is 0.107 e. The average molecular weight is 226 g/mol. The number of hydrogen-bond donors (Lipinski definition) is 1. The number of hydrogen-bond acceptors (Lipinski definition) is 4. The first kappa shape index (κ1) is 11.0. The molecule has 1 aromatic rings. The summed E-state index contributed by atoms with van der Waals surface area (Å²) >= 11 is 1.77. The summed E-state index contributed by atoms with van der Waals surface area (Å²) in [6.07, 6.45) is 3.12. The van der Waals surface area contributed by atoms with E-state index in [1.54, 1.807) is 11.3 Å². The molecule has 84 valence electrons. The quantitative estimate of drug-likeness (QED) is 0.852. The van der Waals surface area contributed by atoms with E-state index in [4.69, 9.17) is 4.74 Å². The molecule has 0 radical (unpaired) electrons. The Balaban J connectivity index is 1.77. The summed E-state index contributed by atoms with van der Waals surface area (Å²) in [7, 11) is 0. The highest BCUT2D eigenvalue weighted by Gasteiger charge is 2.21. The van der Waals surface area contributed by atoms with Crippen LogP contribution in [0.5, 0.6) is 0 Å². The molecule has 15 heavy (non-hydrogen) atoms. The maximum Gasteiger partial charge on any atom is 0.107 e. The Kier molecular flexibility index (Phi) is 3.72. The lowest BCUT2D eigenvalue weighted by Crippen LogP contribution is -2.33. The molecule has 2 unspecified atom stereocenters. The summed E-state index contributed by atoms with van der Waals surface area (Å²) in [6, 6.07) is 0.525. The number of ether oxygens (including phenoxy) is 1. The number of nitrogens with zero attached hydrogens (tertiary/aromatic N) is 1. The fourth-order valence-corrected chi connectivity index (χ4v) is 2.58. The van der Waals surface area contributed by atoms with Crippen LogP contribution in [0, 0.1) is 12.8 Å². The third kappa shape index (κ3) is 3.00. The fourth-order valence-electron chi connectivity index (χ4n) is 1.85. The van der Waals surface area contributed by atoms with E-state index in [2.05, 4.69) is 24.1 Å². The van der Waals surface area contributed by atoms with E-state index in [9.17, 15) is 0 Å². The summed E-state index contributed by atoms with van der Waals surface area (Å²) in [6.45, 7) is 7.05. The van der Waals surface area contributed by atoms with Crippen molar-refractivity contribution in [1.82, 2.24) is 10.3 Å². The first-order valence-electron chi connectivity index (χ1n) is 5.48. The van der Waals surface area contributed by atoms with Crippen LogP contribution < -0.4 is 5.32 Å². The first-order chi connectivity index (χ1) is 7.25. The first-order valence-corrected chi connectivity index (χ1v) is 6.30. The van der Waals surface area contributed by atoms with E-state index in [-0.39, 0.29) is 0 Å². The minimum Gasteiger partial charge on any atom is -0.381 e. The summed E-state index contributed by atoms with van der Waals surface area (Å²) in [5, 5.41) is 4.70. The highest BCUT2D eigenvalue weighted by Crippen LogP contribution is 2.17. The molecule has 2 rings (SSSR count). The van der Waals surface area contributed by atoms with E-state index in [0.717, 1.165) is 19.8 Å². The Labute approximate surface area is 94.9 Å². The van der Waals surface area contributed by atoms with Gasteiger partial charge >= 0.3 is 0 Å². The lowest BCUT2D eigenvalue weighted by molar-refractivity contribution is 0.178. The molecule has 0 saturated carbocycles. The van der Waals surface area contributed by atoms with Gasteiger partial charge in [-0.2, -0.15) is 0 Å². The maximum atomic E-state index is 5.38. The van der Waals surface area contributed by atoms with Crippen molar-refractivity contribution < 1.29 is 4.74 Å². The largest absolute Gasteiger partial charge is 0.381 e. The van der Waals surface area contributed by atoms with Crippen LogP contribution in [0.1, 0.15) is 23.2 Å². The van der Waals surface area contributed by atoms with Crippen LogP contribution in [-0.4, -0.2) is 24.2 Å². The molecular weight excluding hydrogens is 208 g/mol. The molecule has 2 atom stereocenters. The Morgan fingerprint density at radius 2 is 2.60 bits per heavy atom. The van der Waals surface area contributed by atoms with Gasteiger partial charge in [0.15, 0.2) is 0 Å². The predicted octanol–water partition coefficient (Wildman–Crippen LogP) is 1.97. The van der Waals surface area contributed by atoms with Crippen molar-refractivity contribution >= 4 is 11.3 Å². The monoisotopic (exact) mass is 226 g/mol. The van der Waals surface area contributed by atoms with E-state index < -0.39 is 0 Å². The van der Waals surface area contributed by atoms with Crippen molar-refractivity contribution in [2.24, 2.45) is 5.92 Å². The second-order valence-electron chi connectivity index (χ2n) is 4.16. The molecule has 0 aromatic carbocycles. The van der Waals surface area contributed by atoms with Crippen LogP contribution in [0.4, 0.5) is 0 Å². The van der Waals surface area contributed by atoms with Crippen molar-refractivity contribution in [3.05, 3.63) is 16.1 Å². The highest BCUT2D eigenvalue weighted by molar-refractivity contribution is 7.11. The third-order valence-electron chi connectivity index (χ3n) is 2.92. The SMILES string of the molecule is Cc1cnc(CNC(C)C2CCOC2)s1. The molecule has 1 N–H and O–H groups in total. The van der Waals surface area contributed by atoms with E-state index in [1.807, 2.05) is 6.20 Å². The summed E-state index contributed by atoms with van der Waals surface area (Å²) in [4.78, 5) is 5.62. The molecule has 3 nitrogen and oxygen atoms in total. The van der Waals surface area contributed by atoms with Crippen molar-refractivity contribution in [3.8, 4) is 0 Å². The van der Waals surface area contributed by atoms with Gasteiger partial charge in [0.1, 0.15) is 5.01 Å². The van der Waals surface area contributed by atoms with Crippen LogP contribution >= 0.6 is 11.3 Å². The van der Waals surface area contributed by atoms with E-state index >= 15 is 0 Å². The standard InChI is InChI=1S/C11H18N2OS/c1-8-5-13-11(15-8)6-12-9(2)10-3-4-14-7-10/h5,9-10,12H,3-4,6-7H2,1-2H3. The Bertz CT molecular complexity index is 307. The van der Waals surface area contributed by atoms with E-state index in [1.165, 1.54) is 16.3 Å². The van der Waals surface area contributed by atoms with Gasteiger partial charge in [-0.15, -0.1) is 11.3 Å². The zero-order chi connectivity index (χ0) is 10.7. The van der Waals surface area contributed by atoms with Crippen LogP contribution in [0.2, 0.25) is 0 Å². The molecular formula is C11H18N2OS. The summed E-state index contributed by atoms with van der Waals surface area (Å²) in [5.41, 5.74) is 0. The molecule has 0 aliphatic carbocycles. The molecule has 1 fully saturated rings. The third-order valence-corrected chi connectivity index (χ3v) is 3.83. The second-order valence-corrected chi connectivity index (χ2v) is 5.48. The maximum absolute atomic E-state index is 5.38. The zero-order valence-corrected chi connectivity index (χ0v) is 10.1. The topological polar surface area (TPSA) is 34.2 Å². The number of thiazole rings is 1. The van der Waals surface area contributed by atoms with Crippen molar-refractivity contribution in [1.29, 1.82) is 0 Å². The molecule has 1 aromatic heterocycles. The molecule has 2 heterocycles. The van der Waals surface area contributed by atoms with Crippen LogP contribution in [0.15, 0.2) is 6.20 Å². The van der Waals surface area contributed by atoms with Crippen molar-refractivity contribution in [2.45, 2.75) is 32.9 Å². The second kappa shape index (κ2) is 5.05. The lowest BCUT2D eigenvalue weighted by atomic mass is 10.0. The van der Waals surface area contributed by atoms with Crippen LogP contribution in [-0.2, 0) is 11.3 Å². The van der Waals surface area contributed by atoms with Crippen molar-refractivity contribution in [2.75, 3.05) is 13.2 Å². The number of aromatic nitrogens is 1. The van der Waals surface area contributed by atoms with Gasteiger partial charge < -0.3 is 10.1 Å². The molecule has 1 aliphatic rings. The number of aryl methyl sites for hydroxylation is 1. The lowest BCUT2D eigenvalue weighted by Gasteiger charge is -2.18. The molecule has 1 saturated heterocycles. The normalized spacial score (nSPS) is 23.2. The fraction of sp³-hybridized carbons (Fsp3) is 0.727. The predicted molar refractivity (Wildman–Crippen MR) is 62.1 cm³/mol. The van der Waals surface area contributed by atoms with Crippen LogP contribution in [0.25, 0.3) is 0 Å². The van der Waals surface area contributed by atoms with Gasteiger partial charge in [0, 0.05) is 30.3 Å². The summed E-state index contributed by atoms with van der Waals surface area (Å²) in [5.74, 6) is 0.672. The average Bonchev–Trinajstić information content (AvgIpc) is 2.84. The molecule has 0 amide bonds. The van der Waals surface area contributed by atoms with Gasteiger partial charge in [0.25, 0.3) is 0 Å². The van der Waals surface area contributed by atoms with Gasteiger partial charge in [0.05, 0.1) is 6.61 Å². The van der Waals surface area contributed by atoms with Gasteiger partial charge in [-0.3, -0.25) is 0 Å². The van der Waals surface area contributed by atoms with Gasteiger partial charge in [-0.1, -0.05) is 0 Å². The molecule has 4 heteroatoms. The zero-order valence-electron chi connectivity index (χ0n) is 9.32. The Hall–Kier alpha value is -0.450. The van der Waals surface area contributed by atoms with Crippen molar-refractivity contribution in [3.63, 3.8) is 0 Å². The Morgan fingerprint density at radius 1 is 1.73 bits per heavy atom. The number of nitrogens with one attached hydrogen (secondary N) is 1. The molecule has 1 aliphatic heterocycles. The van der Waals surface area contributed by atoms with E-state index in [0.29, 0.717) is 12.0 Å². The molecule has 0 bridgehead atoms. The van der Waals surface area contributed by atoms with Crippen LogP contribution in [0.3, 0.4) is 0 Å². The summed E-state index contributed by atoms with van der Waals surface area (Å²) < 4.78 is 5.38. The van der Waals surface area contributed by atoms with Gasteiger partial charge in [-0.25, -0.2) is 4.98 Å². The molecule has 0 spiro atoms. The van der Waals surface area contributed by atoms with Gasteiger partial charge in [-0.05, 0) is 26.2 Å². The highest BCUT2D eigenvalue weighted by atomic mass is 32.1. The minimum atomic E-state index is 0.525.